The fraction of sp³-hybridized carbons (Fsp3) is 0.308. The Morgan fingerprint density at radius 3 is 2.63 bits per heavy atom. The van der Waals surface area contributed by atoms with Gasteiger partial charge in [0.25, 0.3) is 11.7 Å². The van der Waals surface area contributed by atoms with Crippen molar-refractivity contribution in [1.82, 2.24) is 0 Å². The average molecular weight is 328 g/mol. The van der Waals surface area contributed by atoms with Crippen molar-refractivity contribution in [2.24, 2.45) is 0 Å². The van der Waals surface area contributed by atoms with Crippen molar-refractivity contribution < 1.29 is 18.8 Å². The second-order valence-electron chi connectivity index (χ2n) is 4.28. The SMILES string of the molecule is CCC(=O)C(C)N1C(=O)C(=O)c2cc(Br)c(F)cc21. The molecular weight excluding hydrogens is 317 g/mol. The third-order valence-electron chi connectivity index (χ3n) is 3.16. The molecule has 1 amide bonds. The van der Waals surface area contributed by atoms with Crippen LogP contribution in [0.3, 0.4) is 0 Å². The van der Waals surface area contributed by atoms with Crippen LogP contribution in [0.2, 0.25) is 0 Å². The van der Waals surface area contributed by atoms with Gasteiger partial charge in [-0.3, -0.25) is 19.3 Å². The number of amides is 1. The van der Waals surface area contributed by atoms with Gasteiger partial charge < -0.3 is 0 Å². The Labute approximate surface area is 117 Å². The number of hydrogen-bond acceptors (Lipinski definition) is 3. The zero-order chi connectivity index (χ0) is 14.3. The summed E-state index contributed by atoms with van der Waals surface area (Å²) in [5.41, 5.74) is 0.277. The smallest absolute Gasteiger partial charge is 0.297 e. The lowest BCUT2D eigenvalue weighted by atomic mass is 10.1. The van der Waals surface area contributed by atoms with Crippen molar-refractivity contribution in [1.29, 1.82) is 0 Å². The third-order valence-corrected chi connectivity index (χ3v) is 3.77. The molecule has 1 unspecified atom stereocenters. The fourth-order valence-corrected chi connectivity index (χ4v) is 2.42. The first-order chi connectivity index (χ1) is 8.88. The van der Waals surface area contributed by atoms with Gasteiger partial charge in [0, 0.05) is 6.42 Å². The Morgan fingerprint density at radius 1 is 1.42 bits per heavy atom. The Bertz CT molecular complexity index is 600. The number of hydrogen-bond donors (Lipinski definition) is 0. The molecule has 0 fully saturated rings. The zero-order valence-corrected chi connectivity index (χ0v) is 12.0. The summed E-state index contributed by atoms with van der Waals surface area (Å²) in [5.74, 6) is -2.27. The van der Waals surface area contributed by atoms with Crippen LogP contribution in [-0.4, -0.2) is 23.5 Å². The van der Waals surface area contributed by atoms with E-state index in [1.165, 1.54) is 13.0 Å². The minimum absolute atomic E-state index is 0.115. The molecule has 2 rings (SSSR count). The van der Waals surface area contributed by atoms with Crippen LogP contribution in [0.1, 0.15) is 30.6 Å². The van der Waals surface area contributed by atoms with Gasteiger partial charge in [-0.15, -0.1) is 0 Å². The molecule has 100 valence electrons. The molecule has 0 aliphatic carbocycles. The number of carbonyl (C=O) groups is 3. The summed E-state index contributed by atoms with van der Waals surface area (Å²) in [7, 11) is 0. The van der Waals surface area contributed by atoms with Crippen molar-refractivity contribution in [2.75, 3.05) is 4.90 Å². The van der Waals surface area contributed by atoms with E-state index in [9.17, 15) is 18.8 Å². The third kappa shape index (κ3) is 2.10. The molecule has 0 bridgehead atoms. The van der Waals surface area contributed by atoms with E-state index in [-0.39, 0.29) is 27.9 Å². The highest BCUT2D eigenvalue weighted by atomic mass is 79.9. The van der Waals surface area contributed by atoms with E-state index in [2.05, 4.69) is 15.9 Å². The number of anilines is 1. The number of ketones is 2. The van der Waals surface area contributed by atoms with Crippen molar-refractivity contribution in [3.63, 3.8) is 0 Å². The maximum atomic E-state index is 13.6. The number of benzene rings is 1. The normalized spacial score (nSPS) is 15.7. The molecule has 1 heterocycles. The number of nitrogens with zero attached hydrogens (tertiary/aromatic N) is 1. The number of rotatable bonds is 3. The highest BCUT2D eigenvalue weighted by Gasteiger charge is 2.40. The van der Waals surface area contributed by atoms with Gasteiger partial charge in [0.05, 0.1) is 21.8 Å². The van der Waals surface area contributed by atoms with Gasteiger partial charge in [-0.25, -0.2) is 4.39 Å². The van der Waals surface area contributed by atoms with Gasteiger partial charge in [0.1, 0.15) is 5.82 Å². The standard InChI is InChI=1S/C13H11BrFNO3/c1-3-11(17)6(2)16-10-5-9(15)8(14)4-7(10)12(18)13(16)19/h4-6H,3H2,1-2H3. The Balaban J connectivity index is 2.56. The topological polar surface area (TPSA) is 54.5 Å². The summed E-state index contributed by atoms with van der Waals surface area (Å²) in [6, 6.07) is 1.60. The van der Waals surface area contributed by atoms with Crippen LogP contribution < -0.4 is 4.90 Å². The van der Waals surface area contributed by atoms with Crippen LogP contribution in [0.4, 0.5) is 10.1 Å². The molecule has 1 aliphatic rings. The lowest BCUT2D eigenvalue weighted by Crippen LogP contribution is -2.42. The lowest BCUT2D eigenvalue weighted by molar-refractivity contribution is -0.122. The summed E-state index contributed by atoms with van der Waals surface area (Å²) >= 11 is 2.97. The van der Waals surface area contributed by atoms with Crippen molar-refractivity contribution >= 4 is 39.1 Å². The highest BCUT2D eigenvalue weighted by molar-refractivity contribution is 9.10. The molecule has 0 spiro atoms. The Morgan fingerprint density at radius 2 is 2.05 bits per heavy atom. The molecule has 19 heavy (non-hydrogen) atoms. The molecule has 1 aromatic rings. The van der Waals surface area contributed by atoms with Gasteiger partial charge in [-0.2, -0.15) is 0 Å². The second kappa shape index (κ2) is 4.85. The Hall–Kier alpha value is -1.56. The zero-order valence-electron chi connectivity index (χ0n) is 10.4. The fourth-order valence-electron chi connectivity index (χ4n) is 2.08. The largest absolute Gasteiger partial charge is 0.300 e. The molecule has 0 aromatic heterocycles. The van der Waals surface area contributed by atoms with E-state index in [4.69, 9.17) is 0 Å². The first-order valence-electron chi connectivity index (χ1n) is 5.78. The Kier molecular flexibility index (Phi) is 3.54. The monoisotopic (exact) mass is 327 g/mol. The van der Waals surface area contributed by atoms with Crippen LogP contribution >= 0.6 is 15.9 Å². The van der Waals surface area contributed by atoms with E-state index >= 15 is 0 Å². The number of Topliss-reactive ketones (excluding diaryl/α,β-unsaturated/α-hetero) is 2. The van der Waals surface area contributed by atoms with E-state index in [1.807, 2.05) is 0 Å². The highest BCUT2D eigenvalue weighted by Crippen LogP contribution is 2.34. The van der Waals surface area contributed by atoms with Crippen LogP contribution in [0, 0.1) is 5.82 Å². The van der Waals surface area contributed by atoms with Crippen molar-refractivity contribution in [3.05, 3.63) is 28.0 Å². The summed E-state index contributed by atoms with van der Waals surface area (Å²) < 4.78 is 13.7. The molecule has 1 atom stereocenters. The molecule has 0 radical (unpaired) electrons. The van der Waals surface area contributed by atoms with Crippen LogP contribution in [0.25, 0.3) is 0 Å². The summed E-state index contributed by atoms with van der Waals surface area (Å²) in [6.45, 7) is 3.20. The first-order valence-corrected chi connectivity index (χ1v) is 6.57. The van der Waals surface area contributed by atoms with Crippen LogP contribution in [-0.2, 0) is 9.59 Å². The summed E-state index contributed by atoms with van der Waals surface area (Å²) in [6.07, 6.45) is 0.244. The predicted octanol–water partition coefficient (Wildman–Crippen LogP) is 2.49. The molecule has 0 saturated carbocycles. The molecule has 1 aromatic carbocycles. The van der Waals surface area contributed by atoms with Crippen molar-refractivity contribution in [3.8, 4) is 0 Å². The molecular formula is C13H11BrFNO3. The minimum atomic E-state index is -0.790. The van der Waals surface area contributed by atoms with Crippen LogP contribution in [0.5, 0.6) is 0 Å². The molecule has 6 heteroatoms. The number of fused-ring (bicyclic) bond motifs is 1. The summed E-state index contributed by atoms with van der Waals surface area (Å²) in [5, 5.41) is 0. The second-order valence-corrected chi connectivity index (χ2v) is 5.14. The van der Waals surface area contributed by atoms with Gasteiger partial charge in [0.2, 0.25) is 0 Å². The van der Waals surface area contributed by atoms with E-state index in [0.29, 0.717) is 0 Å². The number of carbonyl (C=O) groups excluding carboxylic acids is 3. The lowest BCUT2D eigenvalue weighted by Gasteiger charge is -2.23. The van der Waals surface area contributed by atoms with E-state index < -0.39 is 23.5 Å². The molecule has 0 saturated heterocycles. The first kappa shape index (κ1) is 13.9. The predicted molar refractivity (Wildman–Crippen MR) is 70.7 cm³/mol. The van der Waals surface area contributed by atoms with Crippen molar-refractivity contribution in [2.45, 2.75) is 26.3 Å². The molecule has 0 N–H and O–H groups in total. The molecule has 1 aliphatic heterocycles. The molecule has 4 nitrogen and oxygen atoms in total. The van der Waals surface area contributed by atoms with Gasteiger partial charge in [0.15, 0.2) is 5.78 Å². The summed E-state index contributed by atoms with van der Waals surface area (Å²) in [4.78, 5) is 36.5. The maximum absolute atomic E-state index is 13.6. The van der Waals surface area contributed by atoms with Gasteiger partial charge in [-0.1, -0.05) is 6.92 Å². The average Bonchev–Trinajstić information content (AvgIpc) is 2.61. The quantitative estimate of drug-likeness (QED) is 0.801. The van der Waals surface area contributed by atoms with Gasteiger partial charge in [-0.05, 0) is 35.0 Å². The van der Waals surface area contributed by atoms with Crippen LogP contribution in [0.15, 0.2) is 16.6 Å². The van der Waals surface area contributed by atoms with Gasteiger partial charge >= 0.3 is 0 Å². The minimum Gasteiger partial charge on any atom is -0.297 e. The van der Waals surface area contributed by atoms with E-state index in [0.717, 1.165) is 11.0 Å². The maximum Gasteiger partial charge on any atom is 0.300 e. The number of halogens is 2. The van der Waals surface area contributed by atoms with E-state index in [1.54, 1.807) is 6.92 Å².